The first-order valence-corrected chi connectivity index (χ1v) is 9.62. The van der Waals surface area contributed by atoms with Crippen molar-refractivity contribution in [2.45, 2.75) is 18.6 Å². The molecular formula is C22H22INO2. The Kier molecular flexibility index (Phi) is 6.52. The van der Waals surface area contributed by atoms with Gasteiger partial charge in [-0.15, -0.1) is 0 Å². The molecule has 0 heterocycles. The van der Waals surface area contributed by atoms with E-state index in [1.165, 1.54) is 3.57 Å². The highest BCUT2D eigenvalue weighted by Crippen LogP contribution is 2.30. The van der Waals surface area contributed by atoms with Crippen molar-refractivity contribution in [3.63, 3.8) is 0 Å². The van der Waals surface area contributed by atoms with Gasteiger partial charge in [-0.3, -0.25) is 0 Å². The molecule has 0 aromatic heterocycles. The summed E-state index contributed by atoms with van der Waals surface area (Å²) in [6.45, 7) is 0. The van der Waals surface area contributed by atoms with Gasteiger partial charge < -0.3 is 15.2 Å². The van der Waals surface area contributed by atoms with Gasteiger partial charge >= 0.3 is 0 Å². The summed E-state index contributed by atoms with van der Waals surface area (Å²) in [5.41, 5.74) is 3.08. The number of benzene rings is 3. The third kappa shape index (κ3) is 4.99. The van der Waals surface area contributed by atoms with Crippen molar-refractivity contribution >= 4 is 28.3 Å². The highest BCUT2D eigenvalue weighted by molar-refractivity contribution is 14.1. The predicted molar refractivity (Wildman–Crippen MR) is 115 cm³/mol. The van der Waals surface area contributed by atoms with Gasteiger partial charge in [0, 0.05) is 15.7 Å². The van der Waals surface area contributed by atoms with Crippen molar-refractivity contribution in [2.24, 2.45) is 0 Å². The maximum atomic E-state index is 10.8. The smallest absolute Gasteiger partial charge is 0.118 e. The molecule has 0 spiro atoms. The molecule has 2 N–H and O–H groups in total. The molecule has 0 amide bonds. The lowest BCUT2D eigenvalue weighted by molar-refractivity contribution is 0.160. The molecule has 3 rings (SSSR count). The second-order valence-electron chi connectivity index (χ2n) is 6.14. The predicted octanol–water partition coefficient (Wildman–Crippen LogP) is 5.58. The van der Waals surface area contributed by atoms with E-state index in [-0.39, 0.29) is 6.04 Å². The summed E-state index contributed by atoms with van der Waals surface area (Å²) >= 11 is 2.30. The van der Waals surface area contributed by atoms with Crippen LogP contribution in [0.4, 0.5) is 5.69 Å². The Morgan fingerprint density at radius 3 is 2.15 bits per heavy atom. The van der Waals surface area contributed by atoms with Crippen molar-refractivity contribution in [2.75, 3.05) is 12.4 Å². The molecule has 2 atom stereocenters. The highest BCUT2D eigenvalue weighted by atomic mass is 127. The number of hydrogen-bond donors (Lipinski definition) is 2. The fraction of sp³-hybridized carbons (Fsp3) is 0.182. The Bertz CT molecular complexity index is 804. The van der Waals surface area contributed by atoms with Gasteiger partial charge in [0.1, 0.15) is 5.75 Å². The standard InChI is InChI=1S/C22H22INO2/c1-26-20-13-7-17(8-14-20)22(25)15-21(16-5-3-2-4-6-16)24-19-11-9-18(23)10-12-19/h2-14,21-22,24-25H,15H2,1H3. The van der Waals surface area contributed by atoms with Crippen molar-refractivity contribution in [3.8, 4) is 5.75 Å². The van der Waals surface area contributed by atoms with E-state index in [4.69, 9.17) is 4.74 Å². The minimum absolute atomic E-state index is 0.00774. The summed E-state index contributed by atoms with van der Waals surface area (Å²) in [5.74, 6) is 0.789. The first kappa shape index (κ1) is 18.7. The fourth-order valence-electron chi connectivity index (χ4n) is 2.90. The van der Waals surface area contributed by atoms with Crippen LogP contribution in [-0.4, -0.2) is 12.2 Å². The Balaban J connectivity index is 1.79. The topological polar surface area (TPSA) is 41.5 Å². The van der Waals surface area contributed by atoms with Gasteiger partial charge in [-0.1, -0.05) is 42.5 Å². The Morgan fingerprint density at radius 2 is 1.54 bits per heavy atom. The summed E-state index contributed by atoms with van der Waals surface area (Å²) in [4.78, 5) is 0. The molecule has 0 aliphatic carbocycles. The molecule has 26 heavy (non-hydrogen) atoms. The number of aliphatic hydroxyl groups excluding tert-OH is 1. The molecule has 134 valence electrons. The van der Waals surface area contributed by atoms with Gasteiger partial charge in [0.15, 0.2) is 0 Å². The van der Waals surface area contributed by atoms with Gasteiger partial charge in [-0.05, 0) is 70.1 Å². The molecule has 0 radical (unpaired) electrons. The molecule has 0 aliphatic rings. The summed E-state index contributed by atoms with van der Waals surface area (Å²) in [5, 5.41) is 14.3. The molecule has 2 unspecified atom stereocenters. The number of rotatable bonds is 7. The second-order valence-corrected chi connectivity index (χ2v) is 7.38. The van der Waals surface area contributed by atoms with Gasteiger partial charge in [-0.25, -0.2) is 0 Å². The molecule has 0 bridgehead atoms. The average molecular weight is 459 g/mol. The largest absolute Gasteiger partial charge is 0.497 e. The van der Waals surface area contributed by atoms with Gasteiger partial charge in [0.25, 0.3) is 0 Å². The molecule has 0 fully saturated rings. The first-order valence-electron chi connectivity index (χ1n) is 8.55. The molecule has 0 aliphatic heterocycles. The zero-order valence-electron chi connectivity index (χ0n) is 14.6. The van der Waals surface area contributed by atoms with Crippen LogP contribution in [0.5, 0.6) is 5.75 Å². The van der Waals surface area contributed by atoms with Crippen LogP contribution >= 0.6 is 22.6 Å². The number of halogens is 1. The van der Waals surface area contributed by atoms with E-state index in [2.05, 4.69) is 64.3 Å². The summed E-state index contributed by atoms with van der Waals surface area (Å²) in [7, 11) is 1.64. The molecular weight excluding hydrogens is 437 g/mol. The molecule has 3 aromatic rings. The molecule has 0 saturated carbocycles. The minimum Gasteiger partial charge on any atom is -0.497 e. The average Bonchev–Trinajstić information content (AvgIpc) is 2.70. The SMILES string of the molecule is COc1ccc(C(O)CC(Nc2ccc(I)cc2)c2ccccc2)cc1. The van der Waals surface area contributed by atoms with Crippen molar-refractivity contribution in [1.29, 1.82) is 0 Å². The third-order valence-corrected chi connectivity index (χ3v) is 5.07. The monoisotopic (exact) mass is 459 g/mol. The maximum Gasteiger partial charge on any atom is 0.118 e. The maximum absolute atomic E-state index is 10.8. The minimum atomic E-state index is -0.567. The third-order valence-electron chi connectivity index (χ3n) is 4.35. The molecule has 0 saturated heterocycles. The lowest BCUT2D eigenvalue weighted by Gasteiger charge is -2.24. The Labute approximate surface area is 168 Å². The van der Waals surface area contributed by atoms with Gasteiger partial charge in [0.2, 0.25) is 0 Å². The first-order chi connectivity index (χ1) is 12.7. The van der Waals surface area contributed by atoms with Crippen LogP contribution in [0.2, 0.25) is 0 Å². The summed E-state index contributed by atoms with van der Waals surface area (Å²) in [6.07, 6.45) is 0.00459. The van der Waals surface area contributed by atoms with Crippen LogP contribution in [-0.2, 0) is 0 Å². The zero-order chi connectivity index (χ0) is 18.4. The van der Waals surface area contributed by atoms with Crippen LogP contribution in [0.15, 0.2) is 78.9 Å². The van der Waals surface area contributed by atoms with Crippen LogP contribution < -0.4 is 10.1 Å². The number of nitrogens with one attached hydrogen (secondary N) is 1. The molecule has 3 nitrogen and oxygen atoms in total. The van der Waals surface area contributed by atoms with Crippen LogP contribution in [0.1, 0.15) is 29.7 Å². The highest BCUT2D eigenvalue weighted by Gasteiger charge is 2.18. The normalized spacial score (nSPS) is 13.0. The quantitative estimate of drug-likeness (QED) is 0.454. The zero-order valence-corrected chi connectivity index (χ0v) is 16.8. The lowest BCUT2D eigenvalue weighted by Crippen LogP contribution is -2.15. The number of anilines is 1. The van der Waals surface area contributed by atoms with Crippen molar-refractivity contribution in [1.82, 2.24) is 0 Å². The van der Waals surface area contributed by atoms with Crippen LogP contribution in [0.25, 0.3) is 0 Å². The van der Waals surface area contributed by atoms with E-state index in [0.717, 1.165) is 22.6 Å². The summed E-state index contributed by atoms with van der Waals surface area (Å²) < 4.78 is 6.39. The van der Waals surface area contributed by atoms with E-state index >= 15 is 0 Å². The number of aliphatic hydroxyl groups is 1. The fourth-order valence-corrected chi connectivity index (χ4v) is 3.26. The number of hydrogen-bond acceptors (Lipinski definition) is 3. The second kappa shape index (κ2) is 9.05. The van der Waals surface area contributed by atoms with Crippen molar-refractivity contribution < 1.29 is 9.84 Å². The number of methoxy groups -OCH3 is 1. The van der Waals surface area contributed by atoms with Crippen LogP contribution in [0.3, 0.4) is 0 Å². The Hall–Kier alpha value is -2.05. The van der Waals surface area contributed by atoms with Gasteiger partial charge in [0.05, 0.1) is 19.3 Å². The van der Waals surface area contributed by atoms with E-state index in [9.17, 15) is 5.11 Å². The van der Waals surface area contributed by atoms with E-state index in [1.54, 1.807) is 7.11 Å². The number of ether oxygens (including phenoxy) is 1. The Morgan fingerprint density at radius 1 is 0.885 bits per heavy atom. The van der Waals surface area contributed by atoms with E-state index in [0.29, 0.717) is 6.42 Å². The molecule has 3 aromatic carbocycles. The molecule has 4 heteroatoms. The lowest BCUT2D eigenvalue weighted by atomic mass is 9.96. The van der Waals surface area contributed by atoms with Crippen molar-refractivity contribution in [3.05, 3.63) is 93.6 Å². The van der Waals surface area contributed by atoms with E-state index < -0.39 is 6.10 Å². The summed E-state index contributed by atoms with van der Waals surface area (Å²) in [6, 6.07) is 26.1. The van der Waals surface area contributed by atoms with Gasteiger partial charge in [-0.2, -0.15) is 0 Å². The van der Waals surface area contributed by atoms with Crippen LogP contribution in [0, 0.1) is 3.57 Å². The van der Waals surface area contributed by atoms with E-state index in [1.807, 2.05) is 42.5 Å².